The maximum absolute atomic E-state index is 6.27. The molecular weight excluding hydrogens is 358 g/mol. The third-order valence-corrected chi connectivity index (χ3v) is 5.65. The van der Waals surface area contributed by atoms with Crippen molar-refractivity contribution in [1.82, 2.24) is 4.98 Å². The lowest BCUT2D eigenvalue weighted by molar-refractivity contribution is 0.122. The third kappa shape index (κ3) is 3.45. The fraction of sp³-hybridized carbons (Fsp3) is 0.318. The number of ether oxygens (including phenoxy) is 1. The second-order valence-corrected chi connectivity index (χ2v) is 7.37. The molecule has 1 radical (unpaired) electrons. The van der Waals surface area contributed by atoms with Crippen molar-refractivity contribution < 1.29 is 4.74 Å². The van der Waals surface area contributed by atoms with Crippen molar-refractivity contribution in [2.24, 2.45) is 5.73 Å². The van der Waals surface area contributed by atoms with E-state index in [0.717, 1.165) is 48.6 Å². The summed E-state index contributed by atoms with van der Waals surface area (Å²) in [6.45, 7) is 8.04. The monoisotopic (exact) mass is 382 g/mol. The zero-order valence-electron chi connectivity index (χ0n) is 15.4. The highest BCUT2D eigenvalue weighted by atomic mass is 35.5. The molecule has 1 saturated heterocycles. The number of nitrogens with zero attached hydrogens (tertiary/aromatic N) is 1. The summed E-state index contributed by atoms with van der Waals surface area (Å²) in [5.41, 5.74) is 12.1. The van der Waals surface area contributed by atoms with Crippen LogP contribution in [0.25, 0.3) is 10.9 Å². The molecule has 1 aliphatic heterocycles. The van der Waals surface area contributed by atoms with Gasteiger partial charge in [0.15, 0.2) is 0 Å². The summed E-state index contributed by atoms with van der Waals surface area (Å²) in [5, 5.41) is 1.90. The van der Waals surface area contributed by atoms with Crippen molar-refractivity contribution in [3.63, 3.8) is 0 Å². The van der Waals surface area contributed by atoms with Crippen LogP contribution >= 0.6 is 11.6 Å². The number of aromatic amines is 1. The number of aromatic nitrogens is 1. The first-order valence-corrected chi connectivity index (χ1v) is 9.81. The fourth-order valence-corrected chi connectivity index (χ4v) is 4.28. The van der Waals surface area contributed by atoms with E-state index in [9.17, 15) is 0 Å². The maximum Gasteiger partial charge on any atom is 0.0642 e. The number of nitrogens with one attached hydrogen (secondary N) is 1. The second kappa shape index (κ2) is 7.93. The molecule has 4 nitrogen and oxygen atoms in total. The first-order chi connectivity index (χ1) is 13.2. The van der Waals surface area contributed by atoms with Crippen molar-refractivity contribution in [3.8, 4) is 0 Å². The molecule has 0 bridgehead atoms. The summed E-state index contributed by atoms with van der Waals surface area (Å²) in [6, 6.07) is 12.4. The van der Waals surface area contributed by atoms with Crippen molar-refractivity contribution in [3.05, 3.63) is 71.2 Å². The predicted molar refractivity (Wildman–Crippen MR) is 112 cm³/mol. The van der Waals surface area contributed by atoms with E-state index in [1.54, 1.807) is 0 Å². The lowest BCUT2D eigenvalue weighted by Gasteiger charge is -2.34. The average Bonchev–Trinajstić information content (AvgIpc) is 3.12. The largest absolute Gasteiger partial charge is 0.378 e. The van der Waals surface area contributed by atoms with Crippen LogP contribution in [0.4, 0.5) is 5.69 Å². The highest BCUT2D eigenvalue weighted by Gasteiger charge is 2.24. The van der Waals surface area contributed by atoms with Crippen LogP contribution in [0.15, 0.2) is 42.6 Å². The molecule has 1 aromatic heterocycles. The highest BCUT2D eigenvalue weighted by molar-refractivity contribution is 6.31. The molecule has 0 amide bonds. The van der Waals surface area contributed by atoms with Gasteiger partial charge in [-0.25, -0.2) is 0 Å². The number of hydrogen-bond acceptors (Lipinski definition) is 3. The zero-order valence-corrected chi connectivity index (χ0v) is 16.1. The molecule has 141 valence electrons. The van der Waals surface area contributed by atoms with Crippen LogP contribution in [0.2, 0.25) is 5.02 Å². The van der Waals surface area contributed by atoms with Crippen LogP contribution in [0.1, 0.15) is 29.0 Å². The van der Waals surface area contributed by atoms with Gasteiger partial charge in [0.2, 0.25) is 0 Å². The Morgan fingerprint density at radius 3 is 2.74 bits per heavy atom. The van der Waals surface area contributed by atoms with E-state index in [-0.39, 0.29) is 5.92 Å². The van der Waals surface area contributed by atoms with E-state index in [1.165, 1.54) is 22.4 Å². The number of anilines is 1. The number of para-hydroxylation sites is 1. The Morgan fingerprint density at radius 2 is 2.00 bits per heavy atom. The van der Waals surface area contributed by atoms with E-state index in [2.05, 4.69) is 41.2 Å². The zero-order chi connectivity index (χ0) is 18.8. The molecule has 0 saturated carbocycles. The van der Waals surface area contributed by atoms with Gasteiger partial charge < -0.3 is 20.4 Å². The predicted octanol–water partition coefficient (Wildman–Crippen LogP) is 4.47. The van der Waals surface area contributed by atoms with E-state index in [1.807, 2.05) is 18.2 Å². The van der Waals surface area contributed by atoms with Gasteiger partial charge in [-0.2, -0.15) is 0 Å². The van der Waals surface area contributed by atoms with Gasteiger partial charge in [-0.3, -0.25) is 0 Å². The number of hydrogen-bond donors (Lipinski definition) is 2. The van der Waals surface area contributed by atoms with E-state index < -0.39 is 0 Å². The Labute approximate surface area is 165 Å². The molecule has 1 unspecified atom stereocenters. The highest BCUT2D eigenvalue weighted by Crippen LogP contribution is 2.40. The van der Waals surface area contributed by atoms with Crippen LogP contribution in [0.3, 0.4) is 0 Å². The number of H-pyrrole nitrogens is 1. The minimum atomic E-state index is 0.168. The van der Waals surface area contributed by atoms with Gasteiger partial charge in [0.25, 0.3) is 0 Å². The summed E-state index contributed by atoms with van der Waals surface area (Å²) >= 11 is 6.27. The molecule has 1 aliphatic rings. The molecule has 2 heterocycles. The van der Waals surface area contributed by atoms with Crippen LogP contribution in [-0.4, -0.2) is 31.3 Å². The Balaban J connectivity index is 1.85. The van der Waals surface area contributed by atoms with Crippen LogP contribution in [0.5, 0.6) is 0 Å². The van der Waals surface area contributed by atoms with Gasteiger partial charge in [0, 0.05) is 53.4 Å². The van der Waals surface area contributed by atoms with E-state index in [0.29, 0.717) is 6.54 Å². The minimum Gasteiger partial charge on any atom is -0.378 e. The van der Waals surface area contributed by atoms with E-state index in [4.69, 9.17) is 22.1 Å². The lowest BCUT2D eigenvalue weighted by Crippen LogP contribution is -2.37. The minimum absolute atomic E-state index is 0.168. The Kier molecular flexibility index (Phi) is 5.39. The molecule has 3 N–H and O–H groups in total. The molecule has 5 heteroatoms. The third-order valence-electron chi connectivity index (χ3n) is 5.41. The van der Waals surface area contributed by atoms with Crippen molar-refractivity contribution in [1.29, 1.82) is 0 Å². The molecule has 1 atom stereocenters. The van der Waals surface area contributed by atoms with Crippen molar-refractivity contribution in [2.45, 2.75) is 18.9 Å². The van der Waals surface area contributed by atoms with Gasteiger partial charge in [-0.1, -0.05) is 36.7 Å². The lowest BCUT2D eigenvalue weighted by atomic mass is 9.86. The summed E-state index contributed by atoms with van der Waals surface area (Å²) in [7, 11) is 0. The SMILES string of the molecule is [CH2]CC(c1cccc(CN)c1N1CCOCC1)c1c[nH]c2ccc(Cl)cc12. The first kappa shape index (κ1) is 18.4. The van der Waals surface area contributed by atoms with Gasteiger partial charge >= 0.3 is 0 Å². The molecule has 27 heavy (non-hydrogen) atoms. The molecule has 0 spiro atoms. The molecule has 0 aliphatic carbocycles. The number of nitrogens with two attached hydrogens (primary N) is 1. The molecule has 4 rings (SSSR count). The maximum atomic E-state index is 6.27. The van der Waals surface area contributed by atoms with E-state index >= 15 is 0 Å². The van der Waals surface area contributed by atoms with Gasteiger partial charge in [0.05, 0.1) is 13.2 Å². The Bertz CT molecular complexity index is 930. The summed E-state index contributed by atoms with van der Waals surface area (Å²) in [4.78, 5) is 5.79. The summed E-state index contributed by atoms with van der Waals surface area (Å²) in [5.74, 6) is 0.168. The number of benzene rings is 2. The standard InChI is InChI=1S/C22H25ClN3O/c1-2-17(20-14-25-21-7-6-16(23)12-19(20)21)18-5-3-4-15(13-24)22(18)26-8-10-27-11-9-26/h3-7,12,14,17,25H,1-2,8-11,13,24H2. The van der Waals surface area contributed by atoms with Gasteiger partial charge in [0.1, 0.15) is 0 Å². The first-order valence-electron chi connectivity index (χ1n) is 9.43. The normalized spacial score (nSPS) is 16.0. The van der Waals surface area contributed by atoms with Gasteiger partial charge in [-0.15, -0.1) is 0 Å². The topological polar surface area (TPSA) is 54.3 Å². The fourth-order valence-electron chi connectivity index (χ4n) is 4.11. The van der Waals surface area contributed by atoms with Gasteiger partial charge in [-0.05, 0) is 41.3 Å². The Hall–Kier alpha value is -2.01. The molecule has 2 aromatic carbocycles. The molecule has 3 aromatic rings. The number of fused-ring (bicyclic) bond motifs is 1. The molecular formula is C22H25ClN3O. The summed E-state index contributed by atoms with van der Waals surface area (Å²) < 4.78 is 5.56. The Morgan fingerprint density at radius 1 is 1.19 bits per heavy atom. The van der Waals surface area contributed by atoms with Crippen LogP contribution in [-0.2, 0) is 11.3 Å². The average molecular weight is 383 g/mol. The second-order valence-electron chi connectivity index (χ2n) is 6.93. The van der Waals surface area contributed by atoms with Crippen molar-refractivity contribution in [2.75, 3.05) is 31.2 Å². The van der Waals surface area contributed by atoms with Crippen LogP contribution < -0.4 is 10.6 Å². The number of rotatable bonds is 5. The smallest absolute Gasteiger partial charge is 0.0642 e. The van der Waals surface area contributed by atoms with Crippen LogP contribution in [0, 0.1) is 6.92 Å². The number of morpholine rings is 1. The quantitative estimate of drug-likeness (QED) is 0.684. The summed E-state index contributed by atoms with van der Waals surface area (Å²) in [6.07, 6.45) is 2.85. The number of halogens is 1. The molecule has 1 fully saturated rings. The van der Waals surface area contributed by atoms with Crippen molar-refractivity contribution >= 4 is 28.2 Å².